The number of benzene rings is 1. The van der Waals surface area contributed by atoms with Crippen LogP contribution in [0.25, 0.3) is 10.9 Å². The van der Waals surface area contributed by atoms with Gasteiger partial charge in [-0.25, -0.2) is 0 Å². The van der Waals surface area contributed by atoms with Gasteiger partial charge in [0.25, 0.3) is 0 Å². The zero-order chi connectivity index (χ0) is 10.7. The van der Waals surface area contributed by atoms with Crippen LogP contribution in [0, 0.1) is 12.3 Å². The molecule has 1 aromatic heterocycles. The van der Waals surface area contributed by atoms with Crippen molar-refractivity contribution in [3.05, 3.63) is 36.0 Å². The molecule has 0 spiro atoms. The van der Waals surface area contributed by atoms with Crippen LogP contribution >= 0.6 is 0 Å². The molecule has 0 atom stereocenters. The summed E-state index contributed by atoms with van der Waals surface area (Å²) in [5.41, 5.74) is 2.50. The molecule has 2 heteroatoms. The van der Waals surface area contributed by atoms with Gasteiger partial charge in [0.05, 0.1) is 6.54 Å². The molecule has 0 amide bonds. The van der Waals surface area contributed by atoms with Crippen LogP contribution in [0.1, 0.15) is 5.56 Å². The van der Waals surface area contributed by atoms with E-state index in [4.69, 9.17) is 6.42 Å². The van der Waals surface area contributed by atoms with Crippen LogP contribution in [0.3, 0.4) is 0 Å². The highest BCUT2D eigenvalue weighted by Crippen LogP contribution is 2.20. The van der Waals surface area contributed by atoms with E-state index in [1.165, 1.54) is 16.5 Å². The van der Waals surface area contributed by atoms with Crippen LogP contribution in [0.5, 0.6) is 0 Å². The molecule has 0 radical (unpaired) electrons. The molecular formula is C13H14N2. The van der Waals surface area contributed by atoms with Gasteiger partial charge in [0, 0.05) is 23.6 Å². The Morgan fingerprint density at radius 2 is 2.20 bits per heavy atom. The zero-order valence-corrected chi connectivity index (χ0v) is 8.83. The van der Waals surface area contributed by atoms with Gasteiger partial charge in [0.2, 0.25) is 0 Å². The highest BCUT2D eigenvalue weighted by atomic mass is 15.0. The van der Waals surface area contributed by atoms with Gasteiger partial charge >= 0.3 is 0 Å². The Hall–Kier alpha value is -1.72. The topological polar surface area (TPSA) is 17.0 Å². The fourth-order valence-corrected chi connectivity index (χ4v) is 1.88. The van der Waals surface area contributed by atoms with Crippen molar-refractivity contribution in [2.24, 2.45) is 0 Å². The zero-order valence-electron chi connectivity index (χ0n) is 8.83. The van der Waals surface area contributed by atoms with Gasteiger partial charge in [0.1, 0.15) is 0 Å². The molecule has 1 heterocycles. The Kier molecular flexibility index (Phi) is 2.75. The molecule has 1 N–H and O–H groups in total. The van der Waals surface area contributed by atoms with Crippen molar-refractivity contribution in [1.29, 1.82) is 0 Å². The van der Waals surface area contributed by atoms with E-state index in [1.807, 2.05) is 13.1 Å². The van der Waals surface area contributed by atoms with E-state index in [1.54, 1.807) is 0 Å². The summed E-state index contributed by atoms with van der Waals surface area (Å²) >= 11 is 0. The molecule has 2 nitrogen and oxygen atoms in total. The van der Waals surface area contributed by atoms with Gasteiger partial charge in [-0.05, 0) is 18.7 Å². The summed E-state index contributed by atoms with van der Waals surface area (Å²) in [5, 5.41) is 4.45. The van der Waals surface area contributed by atoms with Gasteiger partial charge in [-0.1, -0.05) is 24.1 Å². The Balaban J connectivity index is 2.58. The van der Waals surface area contributed by atoms with Crippen LogP contribution in [-0.2, 0) is 13.1 Å². The Bertz CT molecular complexity index is 503. The van der Waals surface area contributed by atoms with Crippen molar-refractivity contribution >= 4 is 10.9 Å². The predicted octanol–water partition coefficient (Wildman–Crippen LogP) is 1.99. The van der Waals surface area contributed by atoms with Crippen molar-refractivity contribution in [3.8, 4) is 12.3 Å². The quantitative estimate of drug-likeness (QED) is 0.746. The minimum Gasteiger partial charge on any atom is -0.336 e. The Labute approximate surface area is 89.9 Å². The predicted molar refractivity (Wildman–Crippen MR) is 63.5 cm³/mol. The van der Waals surface area contributed by atoms with Gasteiger partial charge in [-0.3, -0.25) is 0 Å². The minimum absolute atomic E-state index is 0.629. The summed E-state index contributed by atoms with van der Waals surface area (Å²) in [6.07, 6.45) is 7.47. The lowest BCUT2D eigenvalue weighted by atomic mass is 10.2. The molecule has 0 saturated heterocycles. The highest BCUT2D eigenvalue weighted by molar-refractivity contribution is 5.84. The third-order valence-electron chi connectivity index (χ3n) is 2.50. The first-order chi connectivity index (χ1) is 7.36. The van der Waals surface area contributed by atoms with Crippen LogP contribution < -0.4 is 5.32 Å². The van der Waals surface area contributed by atoms with E-state index in [0.717, 1.165) is 6.54 Å². The standard InChI is InChI=1S/C13H14N2/c1-3-8-15-10-11(9-14-2)12-6-4-5-7-13(12)15/h1,4-7,10,14H,8-9H2,2H3. The number of para-hydroxylation sites is 1. The first-order valence-corrected chi connectivity index (χ1v) is 5.01. The number of nitrogens with zero attached hydrogens (tertiary/aromatic N) is 1. The average Bonchev–Trinajstić information content (AvgIpc) is 2.59. The van der Waals surface area contributed by atoms with E-state index in [2.05, 4.69) is 40.2 Å². The molecule has 76 valence electrons. The molecule has 0 saturated carbocycles. The monoisotopic (exact) mass is 198 g/mol. The lowest BCUT2D eigenvalue weighted by Crippen LogP contribution is -2.04. The number of hydrogen-bond acceptors (Lipinski definition) is 1. The van der Waals surface area contributed by atoms with E-state index in [-0.39, 0.29) is 0 Å². The largest absolute Gasteiger partial charge is 0.336 e. The summed E-state index contributed by atoms with van der Waals surface area (Å²) in [6, 6.07) is 8.33. The molecule has 1 aromatic carbocycles. The summed E-state index contributed by atoms with van der Waals surface area (Å²) in [4.78, 5) is 0. The second-order valence-corrected chi connectivity index (χ2v) is 3.53. The summed E-state index contributed by atoms with van der Waals surface area (Å²) in [5.74, 6) is 2.67. The molecule has 0 aliphatic rings. The van der Waals surface area contributed by atoms with Crippen molar-refractivity contribution < 1.29 is 0 Å². The van der Waals surface area contributed by atoms with Crippen molar-refractivity contribution in [2.45, 2.75) is 13.1 Å². The molecule has 0 bridgehead atoms. The van der Waals surface area contributed by atoms with Gasteiger partial charge < -0.3 is 9.88 Å². The van der Waals surface area contributed by atoms with Crippen LogP contribution in [0.2, 0.25) is 0 Å². The first-order valence-electron chi connectivity index (χ1n) is 5.01. The maximum Gasteiger partial charge on any atom is 0.0835 e. The molecule has 0 unspecified atom stereocenters. The van der Waals surface area contributed by atoms with E-state index in [9.17, 15) is 0 Å². The number of aromatic nitrogens is 1. The van der Waals surface area contributed by atoms with Crippen molar-refractivity contribution in [1.82, 2.24) is 9.88 Å². The van der Waals surface area contributed by atoms with Gasteiger partial charge in [0.15, 0.2) is 0 Å². The fourth-order valence-electron chi connectivity index (χ4n) is 1.88. The molecule has 0 aliphatic carbocycles. The lowest BCUT2D eigenvalue weighted by molar-refractivity contribution is 0.808. The Morgan fingerprint density at radius 1 is 1.40 bits per heavy atom. The van der Waals surface area contributed by atoms with Crippen LogP contribution in [0.4, 0.5) is 0 Å². The lowest BCUT2D eigenvalue weighted by Gasteiger charge is -1.97. The molecular weight excluding hydrogens is 184 g/mol. The summed E-state index contributed by atoms with van der Waals surface area (Å²) in [6.45, 7) is 1.50. The maximum atomic E-state index is 5.35. The number of hydrogen-bond donors (Lipinski definition) is 1. The second-order valence-electron chi connectivity index (χ2n) is 3.53. The van der Waals surface area contributed by atoms with Crippen LogP contribution in [0.15, 0.2) is 30.5 Å². The molecule has 0 fully saturated rings. The SMILES string of the molecule is C#CCn1cc(CNC)c2ccccc21. The number of rotatable bonds is 3. The summed E-state index contributed by atoms with van der Waals surface area (Å²) < 4.78 is 2.11. The van der Waals surface area contributed by atoms with Crippen LogP contribution in [-0.4, -0.2) is 11.6 Å². The molecule has 15 heavy (non-hydrogen) atoms. The van der Waals surface area contributed by atoms with E-state index in [0.29, 0.717) is 6.54 Å². The third kappa shape index (κ3) is 1.74. The number of terminal acetylenes is 1. The highest BCUT2D eigenvalue weighted by Gasteiger charge is 2.05. The van der Waals surface area contributed by atoms with Gasteiger partial charge in [-0.15, -0.1) is 6.42 Å². The second kappa shape index (κ2) is 4.20. The average molecular weight is 198 g/mol. The maximum absolute atomic E-state index is 5.35. The van der Waals surface area contributed by atoms with E-state index >= 15 is 0 Å². The summed E-state index contributed by atoms with van der Waals surface area (Å²) in [7, 11) is 1.95. The minimum atomic E-state index is 0.629. The van der Waals surface area contributed by atoms with Gasteiger partial charge in [-0.2, -0.15) is 0 Å². The first kappa shape index (κ1) is 9.82. The number of fused-ring (bicyclic) bond motifs is 1. The van der Waals surface area contributed by atoms with Crippen molar-refractivity contribution in [2.75, 3.05) is 7.05 Å². The number of nitrogens with one attached hydrogen (secondary N) is 1. The van der Waals surface area contributed by atoms with Crippen molar-refractivity contribution in [3.63, 3.8) is 0 Å². The third-order valence-corrected chi connectivity index (χ3v) is 2.50. The molecule has 0 aliphatic heterocycles. The smallest absolute Gasteiger partial charge is 0.0835 e. The Morgan fingerprint density at radius 3 is 2.93 bits per heavy atom. The van der Waals surface area contributed by atoms with E-state index < -0.39 is 0 Å². The molecule has 2 aromatic rings. The fraction of sp³-hybridized carbons (Fsp3) is 0.231. The normalized spacial score (nSPS) is 10.4. The molecule has 2 rings (SSSR count).